The molecule has 1 aromatic rings. The molecule has 4 nitrogen and oxygen atoms in total. The Kier molecular flexibility index (Phi) is 6.77. The van der Waals surface area contributed by atoms with Gasteiger partial charge in [0.05, 0.1) is 12.6 Å². The van der Waals surface area contributed by atoms with Crippen LogP contribution in [0.2, 0.25) is 0 Å². The van der Waals surface area contributed by atoms with Crippen LogP contribution in [-0.4, -0.2) is 24.3 Å². The van der Waals surface area contributed by atoms with Crippen LogP contribution in [-0.2, 0) is 4.79 Å². The number of carbonyl (C=O) groups excluding carboxylic acids is 2. The lowest BCUT2D eigenvalue weighted by Gasteiger charge is -2.12. The number of amides is 1. The normalized spacial score (nSPS) is 11.8. The second kappa shape index (κ2) is 8.35. The lowest BCUT2D eigenvalue weighted by molar-refractivity contribution is -0.120. The van der Waals surface area contributed by atoms with Gasteiger partial charge in [-0.25, -0.2) is 0 Å². The monoisotopic (exact) mass is 277 g/mol. The van der Waals surface area contributed by atoms with Crippen LogP contribution in [0.4, 0.5) is 0 Å². The van der Waals surface area contributed by atoms with Crippen LogP contribution in [0.1, 0.15) is 50.4 Å². The quantitative estimate of drug-likeness (QED) is 0.743. The van der Waals surface area contributed by atoms with Crippen LogP contribution in [0.15, 0.2) is 24.3 Å². The van der Waals surface area contributed by atoms with E-state index in [-0.39, 0.29) is 11.7 Å². The highest BCUT2D eigenvalue weighted by atomic mass is 16.5. The average molecular weight is 277 g/mol. The van der Waals surface area contributed by atoms with Crippen molar-refractivity contribution >= 4 is 11.7 Å². The number of rotatable bonds is 8. The average Bonchev–Trinajstić information content (AvgIpc) is 2.47. The molecule has 0 aliphatic rings. The van der Waals surface area contributed by atoms with Gasteiger partial charge < -0.3 is 10.1 Å². The van der Waals surface area contributed by atoms with E-state index in [0.717, 1.165) is 18.6 Å². The Morgan fingerprint density at radius 3 is 2.40 bits per heavy atom. The molecule has 1 atom stereocenters. The summed E-state index contributed by atoms with van der Waals surface area (Å²) in [5.74, 6) is 0.546. The van der Waals surface area contributed by atoms with E-state index >= 15 is 0 Å². The van der Waals surface area contributed by atoms with Crippen molar-refractivity contribution in [1.29, 1.82) is 0 Å². The fourth-order valence-corrected chi connectivity index (χ4v) is 1.70. The smallest absolute Gasteiger partial charge is 0.251 e. The van der Waals surface area contributed by atoms with Crippen LogP contribution in [0.25, 0.3) is 0 Å². The molecule has 20 heavy (non-hydrogen) atoms. The molecule has 1 N–H and O–H groups in total. The topological polar surface area (TPSA) is 55.4 Å². The van der Waals surface area contributed by atoms with Crippen molar-refractivity contribution in [3.8, 4) is 5.75 Å². The van der Waals surface area contributed by atoms with Crippen molar-refractivity contribution < 1.29 is 14.3 Å². The number of carbonyl (C=O) groups is 2. The van der Waals surface area contributed by atoms with E-state index in [1.54, 1.807) is 38.1 Å². The van der Waals surface area contributed by atoms with Crippen LogP contribution < -0.4 is 10.1 Å². The number of hydrogen-bond donors (Lipinski definition) is 1. The second-order valence-corrected chi connectivity index (χ2v) is 4.74. The van der Waals surface area contributed by atoms with E-state index in [2.05, 4.69) is 12.2 Å². The van der Waals surface area contributed by atoms with E-state index in [4.69, 9.17) is 4.74 Å². The maximum atomic E-state index is 11.9. The summed E-state index contributed by atoms with van der Waals surface area (Å²) >= 11 is 0. The first-order valence-corrected chi connectivity index (χ1v) is 7.14. The molecule has 4 heteroatoms. The van der Waals surface area contributed by atoms with Gasteiger partial charge in [-0.15, -0.1) is 0 Å². The molecule has 0 saturated heterocycles. The molecule has 1 aromatic carbocycles. The summed E-state index contributed by atoms with van der Waals surface area (Å²) in [6.07, 6.45) is 2.52. The van der Waals surface area contributed by atoms with Gasteiger partial charge in [0.25, 0.3) is 5.91 Å². The first kappa shape index (κ1) is 16.2. The number of unbranched alkanes of at least 4 members (excludes halogenated alkanes) is 1. The van der Waals surface area contributed by atoms with Crippen LogP contribution in [0, 0.1) is 0 Å². The fourth-order valence-electron chi connectivity index (χ4n) is 1.70. The van der Waals surface area contributed by atoms with Crippen LogP contribution in [0.3, 0.4) is 0 Å². The van der Waals surface area contributed by atoms with Gasteiger partial charge in [-0.1, -0.05) is 20.3 Å². The maximum absolute atomic E-state index is 11.9. The Hall–Kier alpha value is -1.84. The Balaban J connectivity index is 2.55. The molecule has 1 rings (SSSR count). The van der Waals surface area contributed by atoms with Gasteiger partial charge in [0, 0.05) is 12.0 Å². The number of Topliss-reactive ketones (excluding diaryl/α,β-unsaturated/α-hetero) is 1. The molecule has 0 saturated carbocycles. The molecule has 0 heterocycles. The zero-order chi connectivity index (χ0) is 15.0. The maximum Gasteiger partial charge on any atom is 0.251 e. The molecule has 0 radical (unpaired) electrons. The Morgan fingerprint density at radius 2 is 1.85 bits per heavy atom. The predicted molar refractivity (Wildman–Crippen MR) is 79.1 cm³/mol. The zero-order valence-electron chi connectivity index (χ0n) is 12.4. The highest BCUT2D eigenvalue weighted by Crippen LogP contribution is 2.13. The van der Waals surface area contributed by atoms with Gasteiger partial charge in [-0.2, -0.15) is 0 Å². The van der Waals surface area contributed by atoms with Gasteiger partial charge in [-0.3, -0.25) is 9.59 Å². The summed E-state index contributed by atoms with van der Waals surface area (Å²) in [4.78, 5) is 23.4. The standard InChI is InChI=1S/C16H23NO3/c1-4-6-11-20-14-9-7-13(8-10-14)16(19)17-12(3)15(18)5-2/h7-10,12H,4-6,11H2,1-3H3,(H,17,19). The number of benzene rings is 1. The van der Waals surface area contributed by atoms with E-state index in [1.165, 1.54) is 0 Å². The summed E-state index contributed by atoms with van der Waals surface area (Å²) in [6, 6.07) is 6.51. The predicted octanol–water partition coefficient (Wildman–Crippen LogP) is 2.96. The minimum Gasteiger partial charge on any atom is -0.494 e. The minimum absolute atomic E-state index is 0.0258. The molecule has 0 aliphatic carbocycles. The van der Waals surface area contributed by atoms with Crippen molar-refractivity contribution in [1.82, 2.24) is 5.32 Å². The molecule has 1 unspecified atom stereocenters. The van der Waals surface area contributed by atoms with Gasteiger partial charge >= 0.3 is 0 Å². The summed E-state index contributed by atoms with van der Waals surface area (Å²) in [5.41, 5.74) is 0.531. The second-order valence-electron chi connectivity index (χ2n) is 4.74. The lowest BCUT2D eigenvalue weighted by Crippen LogP contribution is -2.38. The van der Waals surface area contributed by atoms with Crippen LogP contribution >= 0.6 is 0 Å². The third kappa shape index (κ3) is 5.03. The van der Waals surface area contributed by atoms with Crippen molar-refractivity contribution in [3.05, 3.63) is 29.8 Å². The molecule has 0 fully saturated rings. The van der Waals surface area contributed by atoms with Crippen molar-refractivity contribution in [2.75, 3.05) is 6.61 Å². The van der Waals surface area contributed by atoms with Gasteiger partial charge in [-0.05, 0) is 37.6 Å². The van der Waals surface area contributed by atoms with E-state index in [1.807, 2.05) is 0 Å². The SMILES string of the molecule is CCCCOc1ccc(C(=O)NC(C)C(=O)CC)cc1. The summed E-state index contributed by atoms with van der Waals surface area (Å²) in [7, 11) is 0. The molecule has 0 spiro atoms. The van der Waals surface area contributed by atoms with Crippen molar-refractivity contribution in [3.63, 3.8) is 0 Å². The Bertz CT molecular complexity index is 440. The first-order chi connectivity index (χ1) is 9.58. The minimum atomic E-state index is -0.451. The molecule has 0 aromatic heterocycles. The first-order valence-electron chi connectivity index (χ1n) is 7.14. The largest absolute Gasteiger partial charge is 0.494 e. The van der Waals surface area contributed by atoms with E-state index in [9.17, 15) is 9.59 Å². The lowest BCUT2D eigenvalue weighted by atomic mass is 10.1. The summed E-state index contributed by atoms with van der Waals surface area (Å²) < 4.78 is 5.53. The van der Waals surface area contributed by atoms with Gasteiger partial charge in [0.2, 0.25) is 0 Å². The molecular weight excluding hydrogens is 254 g/mol. The van der Waals surface area contributed by atoms with Crippen molar-refractivity contribution in [2.24, 2.45) is 0 Å². The molecule has 0 aliphatic heterocycles. The highest BCUT2D eigenvalue weighted by molar-refractivity contribution is 5.97. The van der Waals surface area contributed by atoms with E-state index < -0.39 is 6.04 Å². The highest BCUT2D eigenvalue weighted by Gasteiger charge is 2.14. The van der Waals surface area contributed by atoms with Crippen molar-refractivity contribution in [2.45, 2.75) is 46.1 Å². The molecule has 0 bridgehead atoms. The van der Waals surface area contributed by atoms with Gasteiger partial charge in [0.1, 0.15) is 5.75 Å². The summed E-state index contributed by atoms with van der Waals surface area (Å²) in [6.45, 7) is 6.28. The number of nitrogens with one attached hydrogen (secondary N) is 1. The Labute approximate surface area is 120 Å². The molecular formula is C16H23NO3. The van der Waals surface area contributed by atoms with Crippen LogP contribution in [0.5, 0.6) is 5.75 Å². The number of ether oxygens (including phenoxy) is 1. The zero-order valence-corrected chi connectivity index (χ0v) is 12.4. The number of hydrogen-bond acceptors (Lipinski definition) is 3. The fraction of sp³-hybridized carbons (Fsp3) is 0.500. The molecule has 1 amide bonds. The number of ketones is 1. The third-order valence-corrected chi connectivity index (χ3v) is 3.06. The molecule has 110 valence electrons. The van der Waals surface area contributed by atoms with Gasteiger partial charge in [0.15, 0.2) is 5.78 Å². The Morgan fingerprint density at radius 1 is 1.20 bits per heavy atom. The third-order valence-electron chi connectivity index (χ3n) is 3.06. The summed E-state index contributed by atoms with van der Waals surface area (Å²) in [5, 5.41) is 2.69. The van der Waals surface area contributed by atoms with E-state index in [0.29, 0.717) is 18.6 Å².